The first-order valence-corrected chi connectivity index (χ1v) is 4.49. The molecule has 1 N–H and O–H groups in total. The molecule has 0 bridgehead atoms. The van der Waals surface area contributed by atoms with Gasteiger partial charge in [-0.2, -0.15) is 0 Å². The minimum absolute atomic E-state index is 0.557. The molecule has 0 saturated heterocycles. The molecule has 0 radical (unpaired) electrons. The summed E-state index contributed by atoms with van der Waals surface area (Å²) in [6.07, 6.45) is 1.01. The summed E-state index contributed by atoms with van der Waals surface area (Å²) in [5.74, 6) is 0. The molecule has 0 aromatic rings. The Hall–Kier alpha value is -0.570. The van der Waals surface area contributed by atoms with Gasteiger partial charge in [-0.25, -0.2) is 0 Å². The summed E-state index contributed by atoms with van der Waals surface area (Å²) in [5.41, 5.74) is 0.965. The molecule has 0 unspecified atom stereocenters. The van der Waals surface area contributed by atoms with Gasteiger partial charge in [0.05, 0.1) is 5.71 Å². The Bertz CT molecular complexity index is 128. The van der Waals surface area contributed by atoms with Crippen LogP contribution in [0.5, 0.6) is 0 Å². The molecule has 0 atom stereocenters. The molecule has 0 amide bonds. The predicted molar refractivity (Wildman–Crippen MR) is 52.5 cm³/mol. The topological polar surface area (TPSA) is 33.6 Å². The fraction of sp³-hybridized carbons (Fsp3) is 0.889. The third kappa shape index (κ3) is 9.43. The second-order valence-electron chi connectivity index (χ2n) is 3.33. The Balaban J connectivity index is 3.06. The van der Waals surface area contributed by atoms with Crippen LogP contribution in [0, 0.1) is 0 Å². The molecule has 12 heavy (non-hydrogen) atoms. The van der Waals surface area contributed by atoms with Gasteiger partial charge in [0, 0.05) is 6.04 Å². The van der Waals surface area contributed by atoms with Crippen molar-refractivity contribution in [2.45, 2.75) is 40.2 Å². The van der Waals surface area contributed by atoms with Gasteiger partial charge < -0.3 is 10.2 Å². The highest BCUT2D eigenvalue weighted by atomic mass is 16.6. The molecule has 0 fully saturated rings. The van der Waals surface area contributed by atoms with Crippen molar-refractivity contribution in [2.75, 3.05) is 13.2 Å². The second-order valence-corrected chi connectivity index (χ2v) is 3.33. The lowest BCUT2D eigenvalue weighted by Gasteiger charge is -2.06. The Labute approximate surface area is 75.2 Å². The summed E-state index contributed by atoms with van der Waals surface area (Å²) in [7, 11) is 0. The van der Waals surface area contributed by atoms with Crippen LogP contribution in [0.25, 0.3) is 0 Å². The first-order valence-electron chi connectivity index (χ1n) is 4.49. The number of rotatable bonds is 6. The van der Waals surface area contributed by atoms with Crippen LogP contribution in [-0.2, 0) is 4.84 Å². The van der Waals surface area contributed by atoms with Crippen LogP contribution in [0.3, 0.4) is 0 Å². The van der Waals surface area contributed by atoms with Crippen LogP contribution in [0.4, 0.5) is 0 Å². The normalized spacial score (nSPS) is 10.1. The highest BCUT2D eigenvalue weighted by Crippen LogP contribution is 1.85. The number of nitrogens with one attached hydrogen (secondary N) is 1. The van der Waals surface area contributed by atoms with Crippen LogP contribution in [0.1, 0.15) is 34.1 Å². The minimum atomic E-state index is 0.557. The highest BCUT2D eigenvalue weighted by Gasteiger charge is 1.91. The van der Waals surface area contributed by atoms with E-state index in [2.05, 4.69) is 24.3 Å². The maximum Gasteiger partial charge on any atom is 0.118 e. The van der Waals surface area contributed by atoms with Crippen molar-refractivity contribution in [1.29, 1.82) is 0 Å². The summed E-state index contributed by atoms with van der Waals surface area (Å²) in [5, 5.41) is 7.14. The Morgan fingerprint density at radius 2 is 2.08 bits per heavy atom. The van der Waals surface area contributed by atoms with E-state index in [9.17, 15) is 0 Å². The van der Waals surface area contributed by atoms with Gasteiger partial charge in [-0.15, -0.1) is 0 Å². The zero-order valence-electron chi connectivity index (χ0n) is 8.55. The molecule has 0 heterocycles. The summed E-state index contributed by atoms with van der Waals surface area (Å²) < 4.78 is 0. The zero-order valence-corrected chi connectivity index (χ0v) is 8.55. The molecular formula is C9H20N2O. The van der Waals surface area contributed by atoms with Crippen molar-refractivity contribution >= 4 is 5.71 Å². The van der Waals surface area contributed by atoms with Crippen molar-refractivity contribution in [3.8, 4) is 0 Å². The lowest BCUT2D eigenvalue weighted by molar-refractivity contribution is 0.140. The van der Waals surface area contributed by atoms with Gasteiger partial charge in [-0.1, -0.05) is 19.0 Å². The maximum atomic E-state index is 5.02. The molecule has 0 aliphatic heterocycles. The first-order chi connectivity index (χ1) is 5.63. The Morgan fingerprint density at radius 3 is 2.58 bits per heavy atom. The first kappa shape index (κ1) is 11.4. The number of hydrogen-bond donors (Lipinski definition) is 1. The summed E-state index contributed by atoms with van der Waals surface area (Å²) in [6, 6.07) is 0.557. The standard InChI is InChI=1S/C9H20N2O/c1-8(2)10-6-5-7-12-11-9(3)4/h8,10H,5-7H2,1-4H3. The minimum Gasteiger partial charge on any atom is -0.396 e. The van der Waals surface area contributed by atoms with Crippen LogP contribution < -0.4 is 5.32 Å². The van der Waals surface area contributed by atoms with Gasteiger partial charge >= 0.3 is 0 Å². The van der Waals surface area contributed by atoms with Crippen molar-refractivity contribution in [3.63, 3.8) is 0 Å². The molecule has 0 aliphatic rings. The summed E-state index contributed by atoms with van der Waals surface area (Å²) >= 11 is 0. The molecule has 72 valence electrons. The largest absolute Gasteiger partial charge is 0.396 e. The van der Waals surface area contributed by atoms with Crippen LogP contribution in [-0.4, -0.2) is 24.9 Å². The molecule has 0 aliphatic carbocycles. The van der Waals surface area contributed by atoms with E-state index >= 15 is 0 Å². The van der Waals surface area contributed by atoms with E-state index in [1.165, 1.54) is 0 Å². The third-order valence-electron chi connectivity index (χ3n) is 1.21. The van der Waals surface area contributed by atoms with Crippen LogP contribution >= 0.6 is 0 Å². The molecule has 0 aromatic carbocycles. The van der Waals surface area contributed by atoms with E-state index < -0.39 is 0 Å². The van der Waals surface area contributed by atoms with E-state index in [-0.39, 0.29) is 0 Å². The summed E-state index contributed by atoms with van der Waals surface area (Å²) in [4.78, 5) is 5.02. The Kier molecular flexibility index (Phi) is 6.76. The zero-order chi connectivity index (χ0) is 9.40. The second kappa shape index (κ2) is 7.10. The fourth-order valence-corrected chi connectivity index (χ4v) is 0.702. The van der Waals surface area contributed by atoms with Gasteiger partial charge in [0.1, 0.15) is 6.61 Å². The van der Waals surface area contributed by atoms with Crippen molar-refractivity contribution < 1.29 is 4.84 Å². The SMILES string of the molecule is CC(C)=NOCCCNC(C)C. The number of nitrogens with zero attached hydrogens (tertiary/aromatic N) is 1. The molecular weight excluding hydrogens is 152 g/mol. The van der Waals surface area contributed by atoms with E-state index in [0.717, 1.165) is 18.7 Å². The average molecular weight is 172 g/mol. The molecule has 0 rings (SSSR count). The third-order valence-corrected chi connectivity index (χ3v) is 1.21. The van der Waals surface area contributed by atoms with Gasteiger partial charge in [0.25, 0.3) is 0 Å². The fourth-order valence-electron chi connectivity index (χ4n) is 0.702. The monoisotopic (exact) mass is 172 g/mol. The lowest BCUT2D eigenvalue weighted by atomic mass is 10.3. The van der Waals surface area contributed by atoms with Crippen LogP contribution in [0.2, 0.25) is 0 Å². The molecule has 0 aromatic heterocycles. The average Bonchev–Trinajstić information content (AvgIpc) is 1.95. The van der Waals surface area contributed by atoms with Gasteiger partial charge in [0.15, 0.2) is 0 Å². The van der Waals surface area contributed by atoms with Crippen molar-refractivity contribution in [2.24, 2.45) is 5.16 Å². The summed E-state index contributed by atoms with van der Waals surface area (Å²) in [6.45, 7) is 9.81. The molecule has 0 spiro atoms. The highest BCUT2D eigenvalue weighted by molar-refractivity contribution is 5.78. The Morgan fingerprint density at radius 1 is 1.42 bits per heavy atom. The maximum absolute atomic E-state index is 5.02. The smallest absolute Gasteiger partial charge is 0.118 e. The molecule has 3 nitrogen and oxygen atoms in total. The van der Waals surface area contributed by atoms with E-state index in [0.29, 0.717) is 12.6 Å². The van der Waals surface area contributed by atoms with E-state index in [4.69, 9.17) is 4.84 Å². The van der Waals surface area contributed by atoms with Crippen LogP contribution in [0.15, 0.2) is 5.16 Å². The number of hydrogen-bond acceptors (Lipinski definition) is 3. The molecule has 0 saturated carbocycles. The number of oxime groups is 1. The van der Waals surface area contributed by atoms with Gasteiger partial charge in [-0.05, 0) is 26.8 Å². The van der Waals surface area contributed by atoms with E-state index in [1.54, 1.807) is 0 Å². The molecule has 3 heteroatoms. The predicted octanol–water partition coefficient (Wildman–Crippen LogP) is 1.79. The van der Waals surface area contributed by atoms with Crippen molar-refractivity contribution in [3.05, 3.63) is 0 Å². The van der Waals surface area contributed by atoms with Gasteiger partial charge in [0.2, 0.25) is 0 Å². The van der Waals surface area contributed by atoms with Gasteiger partial charge in [-0.3, -0.25) is 0 Å². The quantitative estimate of drug-likeness (QED) is 0.376. The van der Waals surface area contributed by atoms with Crippen molar-refractivity contribution in [1.82, 2.24) is 5.32 Å². The lowest BCUT2D eigenvalue weighted by Crippen LogP contribution is -2.24. The van der Waals surface area contributed by atoms with E-state index in [1.807, 2.05) is 13.8 Å².